The molecule has 0 saturated carbocycles. The van der Waals surface area contributed by atoms with Crippen molar-refractivity contribution in [1.29, 1.82) is 0 Å². The Morgan fingerprint density at radius 3 is 2.76 bits per heavy atom. The molecular formula is C21H22FN5O2. The van der Waals surface area contributed by atoms with Crippen LogP contribution in [0, 0.1) is 12.7 Å². The van der Waals surface area contributed by atoms with Crippen molar-refractivity contribution in [3.63, 3.8) is 0 Å². The molecule has 4 rings (SSSR count). The summed E-state index contributed by atoms with van der Waals surface area (Å²) in [5.41, 5.74) is 2.26. The third-order valence-corrected chi connectivity index (χ3v) is 5.22. The molecule has 8 heteroatoms. The lowest BCUT2D eigenvalue weighted by Gasteiger charge is -2.25. The molecular weight excluding hydrogens is 373 g/mol. The fourth-order valence-electron chi connectivity index (χ4n) is 3.66. The van der Waals surface area contributed by atoms with Gasteiger partial charge in [-0.15, -0.1) is 10.2 Å². The Morgan fingerprint density at radius 1 is 1.24 bits per heavy atom. The van der Waals surface area contributed by atoms with E-state index in [1.807, 2.05) is 29.2 Å². The van der Waals surface area contributed by atoms with Gasteiger partial charge < -0.3 is 9.64 Å². The van der Waals surface area contributed by atoms with Crippen LogP contribution in [0.15, 0.2) is 42.5 Å². The second-order valence-electron chi connectivity index (χ2n) is 7.13. The fraction of sp³-hybridized carbons (Fsp3) is 0.333. The molecule has 1 aromatic heterocycles. The maximum atomic E-state index is 13.5. The predicted octanol–water partition coefficient (Wildman–Crippen LogP) is 3.16. The van der Waals surface area contributed by atoms with Gasteiger partial charge >= 0.3 is 0 Å². The standard InChI is InChI=1S/C21H22FN5O2/c1-14-12-16(7-10-18(14)22)21-23-25-27(24-21)13-20(28)26-11-3-4-19(26)15-5-8-17(29-2)9-6-15/h5-10,12,19H,3-4,11,13H2,1-2H3. The van der Waals surface area contributed by atoms with Gasteiger partial charge in [-0.2, -0.15) is 4.80 Å². The molecule has 7 nitrogen and oxygen atoms in total. The van der Waals surface area contributed by atoms with Gasteiger partial charge in [-0.3, -0.25) is 4.79 Å². The summed E-state index contributed by atoms with van der Waals surface area (Å²) in [7, 11) is 1.63. The Bertz CT molecular complexity index is 1020. The van der Waals surface area contributed by atoms with Crippen LogP contribution in [0.4, 0.5) is 4.39 Å². The summed E-state index contributed by atoms with van der Waals surface area (Å²) < 4.78 is 18.7. The third-order valence-electron chi connectivity index (χ3n) is 5.22. The second-order valence-corrected chi connectivity index (χ2v) is 7.13. The molecule has 0 spiro atoms. The van der Waals surface area contributed by atoms with Gasteiger partial charge in [0, 0.05) is 12.1 Å². The van der Waals surface area contributed by atoms with Crippen LogP contribution in [-0.2, 0) is 11.3 Å². The molecule has 150 valence electrons. The van der Waals surface area contributed by atoms with E-state index in [0.717, 1.165) is 24.2 Å². The third kappa shape index (κ3) is 3.96. The smallest absolute Gasteiger partial charge is 0.246 e. The SMILES string of the molecule is COc1ccc(C2CCCN2C(=O)Cn2nnc(-c3ccc(F)c(C)c3)n2)cc1. The molecule has 3 aromatic rings. The highest BCUT2D eigenvalue weighted by atomic mass is 19.1. The number of methoxy groups -OCH3 is 1. The van der Waals surface area contributed by atoms with Crippen molar-refractivity contribution >= 4 is 5.91 Å². The average molecular weight is 395 g/mol. The number of amides is 1. The van der Waals surface area contributed by atoms with Crippen LogP contribution in [0.2, 0.25) is 0 Å². The summed E-state index contributed by atoms with van der Waals surface area (Å²) in [5, 5.41) is 12.3. The molecule has 29 heavy (non-hydrogen) atoms. The van der Waals surface area contributed by atoms with Crippen molar-refractivity contribution in [2.45, 2.75) is 32.4 Å². The highest BCUT2D eigenvalue weighted by Crippen LogP contribution is 2.33. The molecule has 0 aliphatic carbocycles. The van der Waals surface area contributed by atoms with Crippen LogP contribution in [0.5, 0.6) is 5.75 Å². The van der Waals surface area contributed by atoms with Crippen LogP contribution in [-0.4, -0.2) is 44.7 Å². The number of benzene rings is 2. The van der Waals surface area contributed by atoms with Gasteiger partial charge in [0.15, 0.2) is 0 Å². The zero-order valence-electron chi connectivity index (χ0n) is 16.4. The van der Waals surface area contributed by atoms with Gasteiger partial charge in [0.05, 0.1) is 13.2 Å². The quantitative estimate of drug-likeness (QED) is 0.664. The highest BCUT2D eigenvalue weighted by molar-refractivity contribution is 5.76. The topological polar surface area (TPSA) is 73.1 Å². The van der Waals surface area contributed by atoms with Gasteiger partial charge in [-0.25, -0.2) is 4.39 Å². The van der Waals surface area contributed by atoms with Gasteiger partial charge in [0.1, 0.15) is 18.1 Å². The molecule has 0 bridgehead atoms. The number of hydrogen-bond donors (Lipinski definition) is 0. The Morgan fingerprint density at radius 2 is 2.03 bits per heavy atom. The molecule has 1 aliphatic heterocycles. The van der Waals surface area contributed by atoms with E-state index in [0.29, 0.717) is 23.5 Å². The number of likely N-dealkylation sites (tertiary alicyclic amines) is 1. The molecule has 1 atom stereocenters. The first kappa shape index (κ1) is 19.0. The number of aromatic nitrogens is 4. The molecule has 0 radical (unpaired) electrons. The normalized spacial score (nSPS) is 16.2. The largest absolute Gasteiger partial charge is 0.497 e. The van der Waals surface area contributed by atoms with Crippen LogP contribution in [0.25, 0.3) is 11.4 Å². The van der Waals surface area contributed by atoms with Crippen molar-refractivity contribution in [1.82, 2.24) is 25.1 Å². The van der Waals surface area contributed by atoms with E-state index < -0.39 is 0 Å². The zero-order valence-corrected chi connectivity index (χ0v) is 16.4. The highest BCUT2D eigenvalue weighted by Gasteiger charge is 2.30. The lowest BCUT2D eigenvalue weighted by atomic mass is 10.0. The maximum Gasteiger partial charge on any atom is 0.246 e. The Balaban J connectivity index is 1.47. The van der Waals surface area contributed by atoms with Gasteiger partial charge in [-0.1, -0.05) is 12.1 Å². The van der Waals surface area contributed by atoms with Crippen LogP contribution in [0.3, 0.4) is 0 Å². The summed E-state index contributed by atoms with van der Waals surface area (Å²) >= 11 is 0. The summed E-state index contributed by atoms with van der Waals surface area (Å²) in [4.78, 5) is 16.0. The Hall–Kier alpha value is -3.29. The summed E-state index contributed by atoms with van der Waals surface area (Å²) in [5.74, 6) is 0.825. The molecule has 1 unspecified atom stereocenters. The van der Waals surface area contributed by atoms with E-state index in [4.69, 9.17) is 4.74 Å². The molecule has 1 amide bonds. The van der Waals surface area contributed by atoms with Crippen LogP contribution in [0.1, 0.15) is 30.0 Å². The van der Waals surface area contributed by atoms with Crippen molar-refractivity contribution in [3.05, 3.63) is 59.4 Å². The summed E-state index contributed by atoms with van der Waals surface area (Å²) in [6.07, 6.45) is 1.87. The number of nitrogens with zero attached hydrogens (tertiary/aromatic N) is 5. The minimum absolute atomic E-state index is 0.0137. The summed E-state index contributed by atoms with van der Waals surface area (Å²) in [6.45, 7) is 2.40. The lowest BCUT2D eigenvalue weighted by molar-refractivity contribution is -0.133. The number of tetrazole rings is 1. The first-order valence-electron chi connectivity index (χ1n) is 9.53. The van der Waals surface area contributed by atoms with Crippen LogP contribution < -0.4 is 4.74 Å². The number of ether oxygens (including phenoxy) is 1. The number of aryl methyl sites for hydroxylation is 1. The van der Waals surface area contributed by atoms with Crippen LogP contribution >= 0.6 is 0 Å². The van der Waals surface area contributed by atoms with Crippen molar-refractivity contribution in [2.24, 2.45) is 0 Å². The molecule has 2 aromatic carbocycles. The Kier molecular flexibility index (Phi) is 5.24. The van der Waals surface area contributed by atoms with Gasteiger partial charge in [0.2, 0.25) is 11.7 Å². The van der Waals surface area contributed by atoms with E-state index in [9.17, 15) is 9.18 Å². The maximum absolute atomic E-state index is 13.5. The number of rotatable bonds is 5. The lowest BCUT2D eigenvalue weighted by Crippen LogP contribution is -2.34. The first-order valence-corrected chi connectivity index (χ1v) is 9.53. The van der Waals surface area contributed by atoms with Crippen molar-refractivity contribution < 1.29 is 13.9 Å². The molecule has 0 N–H and O–H groups in total. The van der Waals surface area contributed by atoms with Crippen molar-refractivity contribution in [3.8, 4) is 17.1 Å². The molecule has 1 aliphatic rings. The van der Waals surface area contributed by atoms with E-state index in [-0.39, 0.29) is 24.3 Å². The fourth-order valence-corrected chi connectivity index (χ4v) is 3.66. The number of halogens is 1. The van der Waals surface area contributed by atoms with Crippen molar-refractivity contribution in [2.75, 3.05) is 13.7 Å². The predicted molar refractivity (Wildman–Crippen MR) is 105 cm³/mol. The average Bonchev–Trinajstić information content (AvgIpc) is 3.40. The number of hydrogen-bond acceptors (Lipinski definition) is 5. The monoisotopic (exact) mass is 395 g/mol. The number of carbonyl (C=O) groups excluding carboxylic acids is 1. The summed E-state index contributed by atoms with van der Waals surface area (Å²) in [6, 6.07) is 12.5. The Labute approximate surface area is 168 Å². The van der Waals surface area contributed by atoms with E-state index in [1.54, 1.807) is 26.2 Å². The van der Waals surface area contributed by atoms with Gasteiger partial charge in [-0.05, 0) is 66.4 Å². The number of carbonyl (C=O) groups is 1. The zero-order chi connectivity index (χ0) is 20.4. The van der Waals surface area contributed by atoms with E-state index in [2.05, 4.69) is 15.4 Å². The van der Waals surface area contributed by atoms with E-state index in [1.165, 1.54) is 10.9 Å². The molecule has 1 fully saturated rings. The molecule has 2 heterocycles. The second kappa shape index (κ2) is 7.98. The van der Waals surface area contributed by atoms with E-state index >= 15 is 0 Å². The minimum Gasteiger partial charge on any atom is -0.497 e. The first-order chi connectivity index (χ1) is 14.0. The minimum atomic E-state index is -0.282. The molecule has 1 saturated heterocycles. The van der Waals surface area contributed by atoms with Gasteiger partial charge in [0.25, 0.3) is 0 Å².